The summed E-state index contributed by atoms with van der Waals surface area (Å²) in [6.07, 6.45) is 1.93. The summed E-state index contributed by atoms with van der Waals surface area (Å²) in [4.78, 5) is 27.3. The number of para-hydroxylation sites is 1. The second kappa shape index (κ2) is 11.6. The zero-order valence-corrected chi connectivity index (χ0v) is 18.4. The molecule has 1 heterocycles. The predicted molar refractivity (Wildman–Crippen MR) is 122 cm³/mol. The summed E-state index contributed by atoms with van der Waals surface area (Å²) in [6, 6.07) is 15.0. The van der Waals surface area contributed by atoms with E-state index in [1.165, 1.54) is 0 Å². The highest BCUT2D eigenvalue weighted by Gasteiger charge is 2.10. The minimum absolute atomic E-state index is 0.147. The number of ether oxygens (including phenoxy) is 2. The van der Waals surface area contributed by atoms with Crippen molar-refractivity contribution in [3.8, 4) is 22.9 Å². The van der Waals surface area contributed by atoms with Gasteiger partial charge in [-0.1, -0.05) is 37.3 Å². The van der Waals surface area contributed by atoms with Gasteiger partial charge in [-0.05, 0) is 36.6 Å². The summed E-state index contributed by atoms with van der Waals surface area (Å²) in [5.74, 6) is 1.72. The molecule has 0 atom stereocenters. The molecule has 0 aliphatic heterocycles. The van der Waals surface area contributed by atoms with Gasteiger partial charge in [0, 0.05) is 24.9 Å². The lowest BCUT2D eigenvalue weighted by Gasteiger charge is -2.09. The number of nitrogens with one attached hydrogen (secondary N) is 2. The van der Waals surface area contributed by atoms with Gasteiger partial charge in [-0.2, -0.15) is 0 Å². The van der Waals surface area contributed by atoms with Gasteiger partial charge in [0.05, 0.1) is 13.7 Å². The van der Waals surface area contributed by atoms with E-state index in [0.29, 0.717) is 36.7 Å². The molecule has 3 aromatic rings. The van der Waals surface area contributed by atoms with Crippen molar-refractivity contribution in [1.82, 2.24) is 20.5 Å². The van der Waals surface area contributed by atoms with Crippen molar-refractivity contribution in [3.63, 3.8) is 0 Å². The van der Waals surface area contributed by atoms with Gasteiger partial charge >= 0.3 is 0 Å². The molecule has 2 N–H and O–H groups in total. The van der Waals surface area contributed by atoms with Gasteiger partial charge in [0.15, 0.2) is 5.82 Å². The number of nitrogens with zero attached hydrogens (tertiary/aromatic N) is 2. The molecule has 0 unspecified atom stereocenters. The molecule has 1 amide bonds. The van der Waals surface area contributed by atoms with Gasteiger partial charge in [-0.15, -0.1) is 10.2 Å². The van der Waals surface area contributed by atoms with Gasteiger partial charge in [-0.3, -0.25) is 9.59 Å². The number of benzene rings is 2. The Morgan fingerprint density at radius 1 is 1.09 bits per heavy atom. The molecular formula is C24H28N4O4. The molecule has 168 valence electrons. The van der Waals surface area contributed by atoms with Crippen molar-refractivity contribution in [3.05, 3.63) is 70.1 Å². The lowest BCUT2D eigenvalue weighted by molar-refractivity contribution is -0.121. The Morgan fingerprint density at radius 2 is 1.94 bits per heavy atom. The molecule has 2 aromatic carbocycles. The number of methoxy groups -OCH3 is 1. The van der Waals surface area contributed by atoms with Crippen molar-refractivity contribution in [2.24, 2.45) is 0 Å². The largest absolute Gasteiger partial charge is 0.496 e. The summed E-state index contributed by atoms with van der Waals surface area (Å²) < 4.78 is 10.9. The molecule has 0 fully saturated rings. The highest BCUT2D eigenvalue weighted by molar-refractivity contribution is 5.76. The van der Waals surface area contributed by atoms with Crippen molar-refractivity contribution in [2.75, 3.05) is 20.3 Å². The Hall–Kier alpha value is -3.68. The first-order valence-corrected chi connectivity index (χ1v) is 10.7. The number of rotatable bonds is 11. The molecule has 1 aromatic heterocycles. The highest BCUT2D eigenvalue weighted by atomic mass is 16.5. The summed E-state index contributed by atoms with van der Waals surface area (Å²) in [5.41, 5.74) is 1.62. The van der Waals surface area contributed by atoms with Crippen LogP contribution in [-0.4, -0.2) is 41.3 Å². The van der Waals surface area contributed by atoms with Gasteiger partial charge < -0.3 is 19.8 Å². The molecule has 3 rings (SSSR count). The average Bonchev–Trinajstić information content (AvgIpc) is 2.82. The molecule has 8 nitrogen and oxygen atoms in total. The van der Waals surface area contributed by atoms with E-state index in [2.05, 4.69) is 20.5 Å². The van der Waals surface area contributed by atoms with Crippen molar-refractivity contribution in [1.29, 1.82) is 0 Å². The number of hydrogen-bond acceptors (Lipinski definition) is 6. The fourth-order valence-electron chi connectivity index (χ4n) is 3.17. The molecule has 0 saturated heterocycles. The van der Waals surface area contributed by atoms with Crippen LogP contribution in [0.15, 0.2) is 53.3 Å². The van der Waals surface area contributed by atoms with Crippen LogP contribution in [0.4, 0.5) is 0 Å². The van der Waals surface area contributed by atoms with Gasteiger partial charge in [0.1, 0.15) is 17.2 Å². The molecule has 0 aliphatic carbocycles. The molecule has 0 spiro atoms. The molecule has 0 saturated carbocycles. The number of aromatic amines is 1. The van der Waals surface area contributed by atoms with Crippen LogP contribution in [0.1, 0.15) is 31.0 Å². The smallest absolute Gasteiger partial charge is 0.273 e. The van der Waals surface area contributed by atoms with E-state index < -0.39 is 0 Å². The minimum atomic E-state index is -0.350. The maximum Gasteiger partial charge on any atom is 0.273 e. The fourth-order valence-corrected chi connectivity index (χ4v) is 3.17. The molecular weight excluding hydrogens is 408 g/mol. The van der Waals surface area contributed by atoms with E-state index in [1.54, 1.807) is 7.11 Å². The summed E-state index contributed by atoms with van der Waals surface area (Å²) in [7, 11) is 1.62. The third-order valence-electron chi connectivity index (χ3n) is 4.84. The first-order valence-electron chi connectivity index (χ1n) is 10.7. The molecule has 8 heteroatoms. The summed E-state index contributed by atoms with van der Waals surface area (Å²) in [5, 5.41) is 11.0. The molecule has 0 radical (unpaired) electrons. The third kappa shape index (κ3) is 6.41. The predicted octanol–water partition coefficient (Wildman–Crippen LogP) is 2.92. The average molecular weight is 437 g/mol. The van der Waals surface area contributed by atoms with Crippen LogP contribution in [-0.2, 0) is 17.6 Å². The van der Waals surface area contributed by atoms with E-state index in [4.69, 9.17) is 9.47 Å². The fraction of sp³-hybridized carbons (Fsp3) is 0.333. The monoisotopic (exact) mass is 436 g/mol. The third-order valence-corrected chi connectivity index (χ3v) is 4.84. The first-order chi connectivity index (χ1) is 15.6. The zero-order chi connectivity index (χ0) is 22.8. The van der Waals surface area contributed by atoms with Crippen molar-refractivity contribution < 1.29 is 14.3 Å². The van der Waals surface area contributed by atoms with E-state index in [-0.39, 0.29) is 30.0 Å². The Labute approximate surface area is 187 Å². The van der Waals surface area contributed by atoms with Gasteiger partial charge in [0.2, 0.25) is 5.91 Å². The van der Waals surface area contributed by atoms with Gasteiger partial charge in [0.25, 0.3) is 5.56 Å². The Morgan fingerprint density at radius 3 is 2.72 bits per heavy atom. The summed E-state index contributed by atoms with van der Waals surface area (Å²) >= 11 is 0. The number of amides is 1. The lowest BCUT2D eigenvalue weighted by Crippen LogP contribution is -2.27. The number of carbonyl (C=O) groups is 1. The second-order valence-electron chi connectivity index (χ2n) is 7.24. The van der Waals surface area contributed by atoms with E-state index in [9.17, 15) is 9.59 Å². The maximum absolute atomic E-state index is 12.4. The minimum Gasteiger partial charge on any atom is -0.496 e. The van der Waals surface area contributed by atoms with Crippen LogP contribution in [0.25, 0.3) is 11.4 Å². The Kier molecular flexibility index (Phi) is 8.36. The maximum atomic E-state index is 12.4. The summed E-state index contributed by atoms with van der Waals surface area (Å²) in [6.45, 7) is 3.13. The Balaban J connectivity index is 1.52. The molecule has 32 heavy (non-hydrogen) atoms. The topological polar surface area (TPSA) is 106 Å². The van der Waals surface area contributed by atoms with Gasteiger partial charge in [-0.25, -0.2) is 0 Å². The van der Waals surface area contributed by atoms with E-state index >= 15 is 0 Å². The van der Waals surface area contributed by atoms with Crippen molar-refractivity contribution >= 4 is 5.91 Å². The van der Waals surface area contributed by atoms with Crippen LogP contribution in [0.5, 0.6) is 11.5 Å². The number of H-pyrrole nitrogens is 1. The SMILES string of the molecule is CCCOc1cccc(-c2nnc(CCC(=O)NCCc3ccccc3OC)c(=O)[nH]2)c1. The molecule has 0 aliphatic rings. The normalized spacial score (nSPS) is 10.6. The number of carbonyl (C=O) groups excluding carboxylic acids is 1. The van der Waals surface area contributed by atoms with Crippen LogP contribution < -0.4 is 20.3 Å². The number of hydrogen-bond donors (Lipinski definition) is 2. The van der Waals surface area contributed by atoms with Crippen molar-refractivity contribution in [2.45, 2.75) is 32.6 Å². The van der Waals surface area contributed by atoms with E-state index in [0.717, 1.165) is 17.7 Å². The Bertz CT molecular complexity index is 1100. The van der Waals surface area contributed by atoms with Crippen LogP contribution in [0.3, 0.4) is 0 Å². The lowest BCUT2D eigenvalue weighted by atomic mass is 10.1. The molecule has 0 bridgehead atoms. The zero-order valence-electron chi connectivity index (χ0n) is 18.4. The first kappa shape index (κ1) is 23.0. The quantitative estimate of drug-likeness (QED) is 0.479. The van der Waals surface area contributed by atoms with Crippen LogP contribution in [0, 0.1) is 0 Å². The van der Waals surface area contributed by atoms with Crippen LogP contribution in [0.2, 0.25) is 0 Å². The number of aromatic nitrogens is 3. The second-order valence-corrected chi connectivity index (χ2v) is 7.24. The number of aryl methyl sites for hydroxylation is 1. The highest BCUT2D eigenvalue weighted by Crippen LogP contribution is 2.20. The van der Waals surface area contributed by atoms with Crippen LogP contribution >= 0.6 is 0 Å². The van der Waals surface area contributed by atoms with E-state index in [1.807, 2.05) is 55.5 Å². The standard InChI is InChI=1S/C24H28N4O4/c1-3-15-32-19-9-6-8-18(16-19)23-26-24(30)20(27-28-23)11-12-22(29)25-14-13-17-7-4-5-10-21(17)31-2/h4-10,16H,3,11-15H2,1-2H3,(H,25,29)(H,26,28,30).